The van der Waals surface area contributed by atoms with E-state index in [-0.39, 0.29) is 4.90 Å². The molecule has 30 heavy (non-hydrogen) atoms. The quantitative estimate of drug-likeness (QED) is 0.341. The molecule has 3 N–H and O–H groups in total. The monoisotopic (exact) mass is 525 g/mol. The number of hydrogen-bond donors (Lipinski definition) is 3. The molecule has 1 aromatic heterocycles. The van der Waals surface area contributed by atoms with Gasteiger partial charge in [0.05, 0.1) is 22.0 Å². The van der Waals surface area contributed by atoms with E-state index in [2.05, 4.69) is 30.6 Å². The van der Waals surface area contributed by atoms with Crippen molar-refractivity contribution in [1.29, 1.82) is 0 Å². The van der Waals surface area contributed by atoms with Crippen LogP contribution in [0.3, 0.4) is 0 Å². The van der Waals surface area contributed by atoms with Crippen molar-refractivity contribution < 1.29 is 8.42 Å². The second-order valence-electron chi connectivity index (χ2n) is 6.57. The Kier molecular flexibility index (Phi) is 5.78. The first kappa shape index (κ1) is 21.1. The van der Waals surface area contributed by atoms with Gasteiger partial charge in [-0.1, -0.05) is 47.5 Å². The van der Waals surface area contributed by atoms with Crippen molar-refractivity contribution in [3.05, 3.63) is 96.8 Å². The molecule has 1 atom stereocenters. The Labute approximate surface area is 190 Å². The number of H-pyrrole nitrogens is 2. The van der Waals surface area contributed by atoms with Crippen LogP contribution in [0.1, 0.15) is 17.2 Å². The van der Waals surface area contributed by atoms with Gasteiger partial charge in [0.15, 0.2) is 0 Å². The highest BCUT2D eigenvalue weighted by molar-refractivity contribution is 9.10. The van der Waals surface area contributed by atoms with Gasteiger partial charge in [-0.05, 0) is 63.5 Å². The van der Waals surface area contributed by atoms with Gasteiger partial charge in [-0.3, -0.25) is 0 Å². The van der Waals surface area contributed by atoms with Crippen molar-refractivity contribution >= 4 is 60.2 Å². The van der Waals surface area contributed by atoms with Crippen molar-refractivity contribution in [3.63, 3.8) is 0 Å². The molecule has 0 spiro atoms. The van der Waals surface area contributed by atoms with E-state index in [0.717, 1.165) is 0 Å². The highest BCUT2D eigenvalue weighted by Crippen LogP contribution is 2.31. The normalized spacial score (nSPS) is 12.9. The third-order valence-corrected chi connectivity index (χ3v) is 7.38. The van der Waals surface area contributed by atoms with E-state index >= 15 is 0 Å². The molecule has 1 heterocycles. The number of benzene rings is 3. The summed E-state index contributed by atoms with van der Waals surface area (Å²) in [5, 5.41) is 1.02. The van der Waals surface area contributed by atoms with Crippen LogP contribution < -0.4 is 10.4 Å². The molecular formula is C20H14BrCl2N3O3S. The van der Waals surface area contributed by atoms with Gasteiger partial charge in [0.25, 0.3) is 0 Å². The molecule has 0 saturated carbocycles. The maximum absolute atomic E-state index is 13.3. The summed E-state index contributed by atoms with van der Waals surface area (Å²) in [4.78, 5) is 16.7. The molecule has 0 aliphatic carbocycles. The molecule has 4 aromatic rings. The van der Waals surface area contributed by atoms with Crippen molar-refractivity contribution in [2.24, 2.45) is 0 Å². The maximum atomic E-state index is 13.3. The van der Waals surface area contributed by atoms with Gasteiger partial charge in [-0.15, -0.1) is 0 Å². The predicted molar refractivity (Wildman–Crippen MR) is 122 cm³/mol. The minimum atomic E-state index is -4.00. The number of nitrogens with one attached hydrogen (secondary N) is 3. The molecule has 0 fully saturated rings. The minimum Gasteiger partial charge on any atom is -0.306 e. The van der Waals surface area contributed by atoms with Crippen LogP contribution in [0, 0.1) is 0 Å². The van der Waals surface area contributed by atoms with Crippen molar-refractivity contribution in [3.8, 4) is 0 Å². The first-order chi connectivity index (χ1) is 14.2. The van der Waals surface area contributed by atoms with Crippen LogP contribution in [0.25, 0.3) is 11.0 Å². The first-order valence-electron chi connectivity index (χ1n) is 8.68. The molecule has 154 valence electrons. The summed E-state index contributed by atoms with van der Waals surface area (Å²) in [5.74, 6) is 0. The lowest BCUT2D eigenvalue weighted by atomic mass is 10.00. The summed E-state index contributed by atoms with van der Waals surface area (Å²) in [6.45, 7) is 0. The van der Waals surface area contributed by atoms with Crippen molar-refractivity contribution in [2.75, 3.05) is 0 Å². The molecule has 0 amide bonds. The number of fused-ring (bicyclic) bond motifs is 1. The molecule has 0 saturated heterocycles. The fourth-order valence-electron chi connectivity index (χ4n) is 3.13. The molecular weight excluding hydrogens is 513 g/mol. The number of aromatic amines is 2. The summed E-state index contributed by atoms with van der Waals surface area (Å²) < 4.78 is 29.7. The SMILES string of the molecule is O=c1[nH]c2cc(Br)c(S(=O)(=O)NC(c3ccc(Cl)cc3)c3cccc(Cl)c3)cc2[nH]1. The van der Waals surface area contributed by atoms with E-state index in [1.54, 1.807) is 54.6 Å². The van der Waals surface area contributed by atoms with E-state index in [4.69, 9.17) is 23.2 Å². The highest BCUT2D eigenvalue weighted by Gasteiger charge is 2.26. The Morgan fingerprint density at radius 3 is 2.20 bits per heavy atom. The number of rotatable bonds is 5. The lowest BCUT2D eigenvalue weighted by Crippen LogP contribution is -2.29. The Balaban J connectivity index is 1.81. The van der Waals surface area contributed by atoms with Crippen molar-refractivity contribution in [1.82, 2.24) is 14.7 Å². The van der Waals surface area contributed by atoms with Crippen LogP contribution >= 0.6 is 39.1 Å². The van der Waals surface area contributed by atoms with Crippen LogP contribution in [-0.2, 0) is 10.0 Å². The predicted octanol–water partition coefficient (Wildman–Crippen LogP) is 4.99. The molecule has 0 aliphatic rings. The van der Waals surface area contributed by atoms with Gasteiger partial charge in [0.1, 0.15) is 0 Å². The second kappa shape index (κ2) is 8.20. The van der Waals surface area contributed by atoms with Gasteiger partial charge in [0.2, 0.25) is 10.0 Å². The van der Waals surface area contributed by atoms with Gasteiger partial charge >= 0.3 is 5.69 Å². The average Bonchev–Trinajstić information content (AvgIpc) is 3.05. The maximum Gasteiger partial charge on any atom is 0.323 e. The minimum absolute atomic E-state index is 0.00811. The van der Waals surface area contributed by atoms with Crippen LogP contribution in [0.15, 0.2) is 74.8 Å². The second-order valence-corrected chi connectivity index (χ2v) is 9.98. The van der Waals surface area contributed by atoms with E-state index < -0.39 is 21.8 Å². The van der Waals surface area contributed by atoms with Gasteiger partial charge in [-0.2, -0.15) is 4.72 Å². The summed E-state index contributed by atoms with van der Waals surface area (Å²) >= 11 is 15.4. The van der Waals surface area contributed by atoms with E-state index in [0.29, 0.717) is 36.7 Å². The summed E-state index contributed by atoms with van der Waals surface area (Å²) in [6, 6.07) is 16.1. The van der Waals surface area contributed by atoms with Crippen LogP contribution in [0.5, 0.6) is 0 Å². The first-order valence-corrected chi connectivity index (χ1v) is 11.7. The Hall–Kier alpha value is -2.10. The fourth-order valence-corrected chi connectivity index (χ4v) is 5.74. The molecule has 0 bridgehead atoms. The standard InChI is InChI=1S/C20H14BrCl2N3O3S/c21-15-9-16-17(25-20(27)24-16)10-18(15)30(28,29)26-19(11-4-6-13(22)7-5-11)12-2-1-3-14(23)8-12/h1-10,19,26H,(H2,24,25,27). The largest absolute Gasteiger partial charge is 0.323 e. The topological polar surface area (TPSA) is 94.8 Å². The Bertz CT molecular complexity index is 1400. The Morgan fingerprint density at radius 1 is 0.867 bits per heavy atom. The molecule has 6 nitrogen and oxygen atoms in total. The number of halogens is 3. The number of aromatic nitrogens is 2. The van der Waals surface area contributed by atoms with Crippen LogP contribution in [-0.4, -0.2) is 18.4 Å². The molecule has 10 heteroatoms. The molecule has 0 radical (unpaired) electrons. The zero-order chi connectivity index (χ0) is 21.5. The zero-order valence-corrected chi connectivity index (χ0v) is 19.0. The summed E-state index contributed by atoms with van der Waals surface area (Å²) in [7, 11) is -4.00. The lowest BCUT2D eigenvalue weighted by Gasteiger charge is -2.21. The van der Waals surface area contributed by atoms with Gasteiger partial charge in [0, 0.05) is 14.5 Å². The summed E-state index contributed by atoms with van der Waals surface area (Å²) in [6.07, 6.45) is 0. The van der Waals surface area contributed by atoms with E-state index in [1.807, 2.05) is 0 Å². The number of imidazole rings is 1. The fraction of sp³-hybridized carbons (Fsp3) is 0.0500. The lowest BCUT2D eigenvalue weighted by molar-refractivity contribution is 0.572. The Morgan fingerprint density at radius 2 is 1.53 bits per heavy atom. The van der Waals surface area contributed by atoms with Crippen LogP contribution in [0.2, 0.25) is 10.0 Å². The molecule has 3 aromatic carbocycles. The van der Waals surface area contributed by atoms with E-state index in [1.165, 1.54) is 6.07 Å². The third-order valence-electron chi connectivity index (χ3n) is 4.52. The zero-order valence-electron chi connectivity index (χ0n) is 15.1. The highest BCUT2D eigenvalue weighted by atomic mass is 79.9. The van der Waals surface area contributed by atoms with E-state index in [9.17, 15) is 13.2 Å². The number of sulfonamides is 1. The van der Waals surface area contributed by atoms with Crippen molar-refractivity contribution in [2.45, 2.75) is 10.9 Å². The smallest absolute Gasteiger partial charge is 0.306 e. The summed E-state index contributed by atoms with van der Waals surface area (Å²) in [5.41, 5.74) is 1.82. The molecule has 1 unspecified atom stereocenters. The molecule has 0 aliphatic heterocycles. The third kappa shape index (κ3) is 4.33. The average molecular weight is 527 g/mol. The van der Waals surface area contributed by atoms with Gasteiger partial charge < -0.3 is 9.97 Å². The number of hydrogen-bond acceptors (Lipinski definition) is 3. The molecule has 4 rings (SSSR count). The van der Waals surface area contributed by atoms with Gasteiger partial charge in [-0.25, -0.2) is 13.2 Å². The van der Waals surface area contributed by atoms with Crippen LogP contribution in [0.4, 0.5) is 0 Å².